The van der Waals surface area contributed by atoms with Crippen molar-refractivity contribution in [2.75, 3.05) is 5.32 Å². The van der Waals surface area contributed by atoms with Gasteiger partial charge in [-0.25, -0.2) is 0 Å². The van der Waals surface area contributed by atoms with Gasteiger partial charge in [0.2, 0.25) is 0 Å². The lowest BCUT2D eigenvalue weighted by molar-refractivity contribution is 0.425. The number of aryl methyl sites for hydroxylation is 1. The summed E-state index contributed by atoms with van der Waals surface area (Å²) in [5.41, 5.74) is 1.81. The van der Waals surface area contributed by atoms with E-state index in [1.54, 1.807) is 13.2 Å². The molecule has 0 saturated heterocycles. The predicted octanol–water partition coefficient (Wildman–Crippen LogP) is 3.81. The molecule has 1 atom stereocenters. The highest BCUT2D eigenvalue weighted by Crippen LogP contribution is 2.29. The van der Waals surface area contributed by atoms with Gasteiger partial charge in [0.1, 0.15) is 5.76 Å². The number of hydrogen-bond donors (Lipinski definition) is 1. The van der Waals surface area contributed by atoms with Crippen LogP contribution >= 0.6 is 0 Å². The van der Waals surface area contributed by atoms with Crippen molar-refractivity contribution >= 4 is 5.69 Å². The van der Waals surface area contributed by atoms with E-state index in [1.807, 2.05) is 43.3 Å². The zero-order chi connectivity index (χ0) is 13.9. The highest BCUT2D eigenvalue weighted by atomic mass is 16.5. The summed E-state index contributed by atoms with van der Waals surface area (Å²) in [6.45, 7) is 3.84. The highest BCUT2D eigenvalue weighted by Gasteiger charge is 2.14. The van der Waals surface area contributed by atoms with Crippen LogP contribution in [0.15, 0.2) is 51.6 Å². The monoisotopic (exact) mass is 269 g/mol. The van der Waals surface area contributed by atoms with E-state index >= 15 is 0 Å². The molecule has 0 aliphatic carbocycles. The van der Waals surface area contributed by atoms with Crippen LogP contribution in [0.1, 0.15) is 24.6 Å². The summed E-state index contributed by atoms with van der Waals surface area (Å²) in [5.74, 6) is 2.01. The van der Waals surface area contributed by atoms with Crippen molar-refractivity contribution in [2.24, 2.45) is 0 Å². The van der Waals surface area contributed by atoms with Crippen molar-refractivity contribution in [1.29, 1.82) is 0 Å². The number of benzene rings is 1. The summed E-state index contributed by atoms with van der Waals surface area (Å²) in [7, 11) is 0. The number of furan rings is 1. The van der Waals surface area contributed by atoms with Crippen LogP contribution in [-0.2, 0) is 0 Å². The van der Waals surface area contributed by atoms with Crippen LogP contribution in [0.5, 0.6) is 0 Å². The highest BCUT2D eigenvalue weighted by molar-refractivity contribution is 5.72. The van der Waals surface area contributed by atoms with Gasteiger partial charge in [-0.2, -0.15) is 4.98 Å². The van der Waals surface area contributed by atoms with E-state index in [4.69, 9.17) is 8.94 Å². The first-order chi connectivity index (χ1) is 9.74. The van der Waals surface area contributed by atoms with Crippen LogP contribution in [0.2, 0.25) is 0 Å². The average molecular weight is 269 g/mol. The molecule has 3 rings (SSSR count). The Morgan fingerprint density at radius 3 is 2.70 bits per heavy atom. The Kier molecular flexibility index (Phi) is 3.25. The minimum Gasteiger partial charge on any atom is -0.467 e. The lowest BCUT2D eigenvalue weighted by Gasteiger charge is -2.14. The second-order valence-electron chi connectivity index (χ2n) is 4.57. The molecule has 2 heterocycles. The topological polar surface area (TPSA) is 64.1 Å². The molecule has 0 aliphatic heterocycles. The van der Waals surface area contributed by atoms with E-state index in [-0.39, 0.29) is 6.04 Å². The van der Waals surface area contributed by atoms with Crippen molar-refractivity contribution in [3.8, 4) is 11.5 Å². The molecule has 0 spiro atoms. The SMILES string of the molecule is Cc1noc(-c2ccccc2NC(C)c2ccco2)n1. The fraction of sp³-hybridized carbons (Fsp3) is 0.200. The molecule has 3 aromatic rings. The van der Waals surface area contributed by atoms with E-state index in [0.29, 0.717) is 11.7 Å². The summed E-state index contributed by atoms with van der Waals surface area (Å²) in [5, 5.41) is 7.23. The van der Waals surface area contributed by atoms with Crippen LogP contribution < -0.4 is 5.32 Å². The number of rotatable bonds is 4. The average Bonchev–Trinajstić information content (AvgIpc) is 3.10. The lowest BCUT2D eigenvalue weighted by atomic mass is 10.1. The first-order valence-corrected chi connectivity index (χ1v) is 6.43. The van der Waals surface area contributed by atoms with E-state index in [9.17, 15) is 0 Å². The molecule has 0 aliphatic rings. The van der Waals surface area contributed by atoms with Gasteiger partial charge in [-0.3, -0.25) is 0 Å². The summed E-state index contributed by atoms with van der Waals surface area (Å²) in [4.78, 5) is 4.27. The third kappa shape index (κ3) is 2.42. The number of anilines is 1. The molecule has 1 aromatic carbocycles. The van der Waals surface area contributed by atoms with Gasteiger partial charge in [-0.15, -0.1) is 0 Å². The minimum absolute atomic E-state index is 0.0511. The number of hydrogen-bond acceptors (Lipinski definition) is 5. The zero-order valence-corrected chi connectivity index (χ0v) is 11.3. The molecule has 2 aromatic heterocycles. The summed E-state index contributed by atoms with van der Waals surface area (Å²) in [6, 6.07) is 11.7. The van der Waals surface area contributed by atoms with Crippen molar-refractivity contribution in [1.82, 2.24) is 10.1 Å². The fourth-order valence-electron chi connectivity index (χ4n) is 2.04. The van der Waals surface area contributed by atoms with Crippen LogP contribution in [0.25, 0.3) is 11.5 Å². The molecule has 0 fully saturated rings. The molecule has 102 valence electrons. The van der Waals surface area contributed by atoms with Gasteiger partial charge < -0.3 is 14.3 Å². The van der Waals surface area contributed by atoms with E-state index in [0.717, 1.165) is 17.0 Å². The first-order valence-electron chi connectivity index (χ1n) is 6.43. The second kappa shape index (κ2) is 5.21. The van der Waals surface area contributed by atoms with Crippen molar-refractivity contribution in [2.45, 2.75) is 19.9 Å². The fourth-order valence-corrected chi connectivity index (χ4v) is 2.04. The van der Waals surface area contributed by atoms with Gasteiger partial charge in [0.05, 0.1) is 17.9 Å². The van der Waals surface area contributed by atoms with Gasteiger partial charge in [-0.1, -0.05) is 17.3 Å². The first kappa shape index (κ1) is 12.5. The predicted molar refractivity (Wildman–Crippen MR) is 75.2 cm³/mol. The maximum atomic E-state index is 5.40. The summed E-state index contributed by atoms with van der Waals surface area (Å²) in [6.07, 6.45) is 1.67. The summed E-state index contributed by atoms with van der Waals surface area (Å²) < 4.78 is 10.6. The molecule has 5 nitrogen and oxygen atoms in total. The molecule has 5 heteroatoms. The Bertz CT molecular complexity index is 689. The van der Waals surface area contributed by atoms with Gasteiger partial charge >= 0.3 is 0 Å². The quantitative estimate of drug-likeness (QED) is 0.780. The molecule has 0 amide bonds. The van der Waals surface area contributed by atoms with Crippen molar-refractivity contribution in [3.63, 3.8) is 0 Å². The maximum absolute atomic E-state index is 5.40. The Hall–Kier alpha value is -2.56. The van der Waals surface area contributed by atoms with Gasteiger partial charge in [0.25, 0.3) is 5.89 Å². The Labute approximate surface area is 116 Å². The van der Waals surface area contributed by atoms with Crippen LogP contribution in [0, 0.1) is 6.92 Å². The van der Waals surface area contributed by atoms with E-state index < -0.39 is 0 Å². The normalized spacial score (nSPS) is 12.3. The lowest BCUT2D eigenvalue weighted by Crippen LogP contribution is -2.06. The minimum atomic E-state index is 0.0511. The molecule has 0 bridgehead atoms. The number of nitrogens with one attached hydrogen (secondary N) is 1. The summed E-state index contributed by atoms with van der Waals surface area (Å²) >= 11 is 0. The standard InChI is InChI=1S/C15H15N3O2/c1-10(14-8-5-9-19-14)16-13-7-4-3-6-12(13)15-17-11(2)18-20-15/h3-10,16H,1-2H3. The molecule has 20 heavy (non-hydrogen) atoms. The van der Waals surface area contributed by atoms with Crippen molar-refractivity contribution < 1.29 is 8.94 Å². The van der Waals surface area contributed by atoms with Crippen LogP contribution in [0.4, 0.5) is 5.69 Å². The van der Waals surface area contributed by atoms with Crippen molar-refractivity contribution in [3.05, 3.63) is 54.2 Å². The number of aromatic nitrogens is 2. The number of nitrogens with zero attached hydrogens (tertiary/aromatic N) is 2. The van der Waals surface area contributed by atoms with Gasteiger partial charge in [-0.05, 0) is 38.1 Å². The molecule has 1 N–H and O–H groups in total. The van der Waals surface area contributed by atoms with Gasteiger partial charge in [0.15, 0.2) is 5.82 Å². The third-order valence-electron chi connectivity index (χ3n) is 3.03. The Balaban J connectivity index is 1.90. The van der Waals surface area contributed by atoms with Crippen LogP contribution in [-0.4, -0.2) is 10.1 Å². The zero-order valence-electron chi connectivity index (χ0n) is 11.3. The van der Waals surface area contributed by atoms with E-state index in [2.05, 4.69) is 15.5 Å². The molecular formula is C15H15N3O2. The second-order valence-corrected chi connectivity index (χ2v) is 4.57. The molecular weight excluding hydrogens is 254 g/mol. The molecule has 0 saturated carbocycles. The van der Waals surface area contributed by atoms with E-state index in [1.165, 1.54) is 0 Å². The van der Waals surface area contributed by atoms with Crippen LogP contribution in [0.3, 0.4) is 0 Å². The maximum Gasteiger partial charge on any atom is 0.260 e. The smallest absolute Gasteiger partial charge is 0.260 e. The Morgan fingerprint density at radius 1 is 1.15 bits per heavy atom. The Morgan fingerprint density at radius 2 is 2.00 bits per heavy atom. The largest absolute Gasteiger partial charge is 0.467 e. The van der Waals surface area contributed by atoms with Gasteiger partial charge in [0, 0.05) is 5.69 Å². The third-order valence-corrected chi connectivity index (χ3v) is 3.03. The number of para-hydroxylation sites is 1. The molecule has 1 unspecified atom stereocenters. The molecule has 0 radical (unpaired) electrons.